The molecule has 2 aromatic heterocycles. The second kappa shape index (κ2) is 8.92. The molecule has 10 heteroatoms. The number of likely N-dealkylation sites (tertiary alicyclic amines) is 1. The van der Waals surface area contributed by atoms with Crippen LogP contribution < -0.4 is 5.32 Å². The number of nitriles is 1. The molecule has 0 bridgehead atoms. The molecule has 1 N–H and O–H groups in total. The van der Waals surface area contributed by atoms with E-state index < -0.39 is 5.54 Å². The second-order valence-corrected chi connectivity index (χ2v) is 10.00. The van der Waals surface area contributed by atoms with Crippen LogP contribution in [0.4, 0.5) is 5.13 Å². The van der Waals surface area contributed by atoms with Crippen LogP contribution >= 0.6 is 11.3 Å². The van der Waals surface area contributed by atoms with Crippen LogP contribution in [0.25, 0.3) is 10.3 Å². The van der Waals surface area contributed by atoms with Crippen molar-refractivity contribution in [3.8, 4) is 6.07 Å². The molecule has 3 aromatic rings. The lowest BCUT2D eigenvalue weighted by Gasteiger charge is -2.23. The molecule has 2 amide bonds. The molecule has 1 aliphatic rings. The monoisotopic (exact) mass is 466 g/mol. The summed E-state index contributed by atoms with van der Waals surface area (Å²) in [6, 6.07) is 8.43. The minimum absolute atomic E-state index is 0.0285. The van der Waals surface area contributed by atoms with Gasteiger partial charge in [-0.2, -0.15) is 15.3 Å². The molecule has 0 aliphatic carbocycles. The van der Waals surface area contributed by atoms with Crippen molar-refractivity contribution in [3.63, 3.8) is 0 Å². The van der Waals surface area contributed by atoms with E-state index in [-0.39, 0.29) is 17.9 Å². The third-order valence-corrected chi connectivity index (χ3v) is 6.52. The average molecular weight is 467 g/mol. The fourth-order valence-corrected chi connectivity index (χ4v) is 4.85. The number of rotatable bonds is 5. The maximum absolute atomic E-state index is 13.5. The number of hydrogen-bond donors (Lipinski definition) is 1. The summed E-state index contributed by atoms with van der Waals surface area (Å²) < 4.78 is 7.69. The fraction of sp³-hybridized carbons (Fsp3) is 0.435. The first-order valence-corrected chi connectivity index (χ1v) is 11.6. The summed E-state index contributed by atoms with van der Waals surface area (Å²) in [4.78, 5) is 32.6. The van der Waals surface area contributed by atoms with Crippen molar-refractivity contribution < 1.29 is 14.3 Å². The lowest BCUT2D eigenvalue weighted by molar-refractivity contribution is 0.0625. The number of hydrogen-bond acceptors (Lipinski definition) is 7. The zero-order valence-electron chi connectivity index (χ0n) is 19.1. The predicted octanol–water partition coefficient (Wildman–Crippen LogP) is 3.62. The summed E-state index contributed by atoms with van der Waals surface area (Å²) in [7, 11) is 1.64. The zero-order valence-corrected chi connectivity index (χ0v) is 19.9. The molecular weight excluding hydrogens is 440 g/mol. The molecule has 3 heterocycles. The highest BCUT2D eigenvalue weighted by molar-refractivity contribution is 7.22. The number of aromatic nitrogens is 3. The Morgan fingerprint density at radius 1 is 1.30 bits per heavy atom. The van der Waals surface area contributed by atoms with Gasteiger partial charge in [-0.3, -0.25) is 14.9 Å². The van der Waals surface area contributed by atoms with Crippen LogP contribution in [0.3, 0.4) is 0 Å². The Hall–Kier alpha value is -3.29. The van der Waals surface area contributed by atoms with Gasteiger partial charge in [0, 0.05) is 19.2 Å². The Morgan fingerprint density at radius 2 is 2.03 bits per heavy atom. The Morgan fingerprint density at radius 3 is 2.67 bits per heavy atom. The van der Waals surface area contributed by atoms with Gasteiger partial charge in [0.1, 0.15) is 4.70 Å². The molecule has 0 unspecified atom stereocenters. The number of nitrogens with zero attached hydrogens (tertiary/aromatic N) is 5. The van der Waals surface area contributed by atoms with Gasteiger partial charge < -0.3 is 9.64 Å². The largest absolute Gasteiger partial charge is 0.383 e. The number of amides is 2. The number of nitrogens with one attached hydrogen (secondary N) is 1. The maximum atomic E-state index is 13.5. The first-order chi connectivity index (χ1) is 15.7. The SMILES string of the molecule is COC[C@H]1CCCN1C(=O)c1nn(C(C)(C)C)c2nc(NC(=O)c3ccc(C#N)cc3)sc12. The topological polar surface area (TPSA) is 113 Å². The van der Waals surface area contributed by atoms with Gasteiger partial charge in [-0.1, -0.05) is 11.3 Å². The van der Waals surface area contributed by atoms with Crippen molar-refractivity contribution >= 4 is 38.6 Å². The summed E-state index contributed by atoms with van der Waals surface area (Å²) >= 11 is 1.24. The van der Waals surface area contributed by atoms with E-state index in [1.165, 1.54) is 11.3 Å². The van der Waals surface area contributed by atoms with Crippen LogP contribution in [-0.4, -0.2) is 57.8 Å². The third-order valence-electron chi connectivity index (χ3n) is 5.56. The molecule has 1 atom stereocenters. The molecule has 0 radical (unpaired) electrons. The number of thiazole rings is 1. The Kier molecular flexibility index (Phi) is 6.19. The van der Waals surface area contributed by atoms with Crippen LogP contribution in [0.15, 0.2) is 24.3 Å². The third kappa shape index (κ3) is 4.47. The van der Waals surface area contributed by atoms with Gasteiger partial charge in [0.25, 0.3) is 11.8 Å². The van der Waals surface area contributed by atoms with Crippen molar-refractivity contribution in [2.45, 2.75) is 45.2 Å². The highest BCUT2D eigenvalue weighted by atomic mass is 32.1. The van der Waals surface area contributed by atoms with Gasteiger partial charge in [0.05, 0.1) is 29.8 Å². The standard InChI is InChI=1S/C23H26N6O3S/c1-23(2,3)29-19-18(17(27-29)21(31)28-11-5-6-16(28)13-32-4)33-22(25-19)26-20(30)15-9-7-14(12-24)8-10-15/h7-10,16H,5-6,11,13H2,1-4H3,(H,25,26,30)/t16-/m1/s1. The molecular formula is C23H26N6O3S. The molecule has 172 valence electrons. The van der Waals surface area contributed by atoms with Crippen molar-refractivity contribution in [2.75, 3.05) is 25.6 Å². The van der Waals surface area contributed by atoms with Crippen LogP contribution in [0, 0.1) is 11.3 Å². The summed E-state index contributed by atoms with van der Waals surface area (Å²) in [5.41, 5.74) is 1.40. The number of anilines is 1. The van der Waals surface area contributed by atoms with E-state index in [0.717, 1.165) is 12.8 Å². The van der Waals surface area contributed by atoms with Gasteiger partial charge >= 0.3 is 0 Å². The first-order valence-electron chi connectivity index (χ1n) is 10.7. The second-order valence-electron chi connectivity index (χ2n) is 9.00. The Labute approximate surface area is 196 Å². The average Bonchev–Trinajstić information content (AvgIpc) is 3.48. The number of carbonyl (C=O) groups is 2. The molecule has 0 saturated carbocycles. The number of methoxy groups -OCH3 is 1. The van der Waals surface area contributed by atoms with Crippen molar-refractivity contribution in [3.05, 3.63) is 41.1 Å². The molecule has 9 nitrogen and oxygen atoms in total. The van der Waals surface area contributed by atoms with Gasteiger partial charge in [-0.05, 0) is 57.9 Å². The van der Waals surface area contributed by atoms with Crippen LogP contribution in [-0.2, 0) is 10.3 Å². The minimum atomic E-state index is -0.407. The molecule has 1 aromatic carbocycles. The molecule has 33 heavy (non-hydrogen) atoms. The molecule has 0 spiro atoms. The lowest BCUT2D eigenvalue weighted by atomic mass is 10.1. The lowest BCUT2D eigenvalue weighted by Crippen LogP contribution is -2.38. The Bertz CT molecular complexity index is 1230. The summed E-state index contributed by atoms with van der Waals surface area (Å²) in [5.74, 6) is -0.477. The van der Waals surface area contributed by atoms with Crippen molar-refractivity contribution in [2.24, 2.45) is 0 Å². The normalized spacial score (nSPS) is 16.2. The van der Waals surface area contributed by atoms with Crippen LogP contribution in [0.5, 0.6) is 0 Å². The van der Waals surface area contributed by atoms with Gasteiger partial charge in [0.2, 0.25) is 0 Å². The molecule has 1 aliphatic heterocycles. The van der Waals surface area contributed by atoms with E-state index in [4.69, 9.17) is 10.00 Å². The number of carbonyl (C=O) groups excluding carboxylic acids is 2. The quantitative estimate of drug-likeness (QED) is 0.614. The fourth-order valence-electron chi connectivity index (χ4n) is 3.93. The van der Waals surface area contributed by atoms with E-state index in [1.807, 2.05) is 31.7 Å². The van der Waals surface area contributed by atoms with Crippen molar-refractivity contribution in [1.82, 2.24) is 19.7 Å². The molecule has 1 fully saturated rings. The summed E-state index contributed by atoms with van der Waals surface area (Å²) in [6.45, 7) is 7.13. The number of benzene rings is 1. The predicted molar refractivity (Wildman–Crippen MR) is 125 cm³/mol. The van der Waals surface area contributed by atoms with E-state index in [0.29, 0.717) is 45.5 Å². The highest BCUT2D eigenvalue weighted by Gasteiger charge is 2.34. The summed E-state index contributed by atoms with van der Waals surface area (Å²) in [6.07, 6.45) is 1.83. The van der Waals surface area contributed by atoms with Gasteiger partial charge in [0.15, 0.2) is 16.5 Å². The van der Waals surface area contributed by atoms with E-state index in [9.17, 15) is 9.59 Å². The van der Waals surface area contributed by atoms with Gasteiger partial charge in [-0.15, -0.1) is 0 Å². The zero-order chi connectivity index (χ0) is 23.8. The Balaban J connectivity index is 1.68. The maximum Gasteiger partial charge on any atom is 0.276 e. The summed E-state index contributed by atoms with van der Waals surface area (Å²) in [5, 5.41) is 16.8. The van der Waals surface area contributed by atoms with Gasteiger partial charge in [-0.25, -0.2) is 4.68 Å². The molecule has 4 rings (SSSR count). The van der Waals surface area contributed by atoms with E-state index in [2.05, 4.69) is 15.4 Å². The van der Waals surface area contributed by atoms with Crippen LogP contribution in [0.2, 0.25) is 0 Å². The first kappa shape index (κ1) is 22.9. The van der Waals surface area contributed by atoms with Crippen LogP contribution in [0.1, 0.15) is 60.0 Å². The van der Waals surface area contributed by atoms with Crippen molar-refractivity contribution in [1.29, 1.82) is 5.26 Å². The minimum Gasteiger partial charge on any atom is -0.383 e. The molecule has 1 saturated heterocycles. The van der Waals surface area contributed by atoms with E-state index in [1.54, 1.807) is 36.1 Å². The van der Waals surface area contributed by atoms with E-state index >= 15 is 0 Å². The number of fused-ring (bicyclic) bond motifs is 1. The smallest absolute Gasteiger partial charge is 0.276 e. The number of ether oxygens (including phenoxy) is 1. The highest BCUT2D eigenvalue weighted by Crippen LogP contribution is 2.34.